The molecule has 17 heavy (non-hydrogen) atoms. The minimum Gasteiger partial charge on any atom is -0.370 e. The Balaban J connectivity index is 1.85. The Hall–Kier alpha value is -2.44. The Morgan fingerprint density at radius 2 is 2.29 bits per heavy atom. The van der Waals surface area contributed by atoms with E-state index in [1.54, 1.807) is 12.4 Å². The van der Waals surface area contributed by atoms with Gasteiger partial charge in [0.1, 0.15) is 12.0 Å². The fourth-order valence-electron chi connectivity index (χ4n) is 1.34. The van der Waals surface area contributed by atoms with Gasteiger partial charge in [-0.2, -0.15) is 0 Å². The molecule has 2 N–H and O–H groups in total. The van der Waals surface area contributed by atoms with E-state index in [-0.39, 0.29) is 5.69 Å². The van der Waals surface area contributed by atoms with Crippen LogP contribution in [0, 0.1) is 10.1 Å². The highest BCUT2D eigenvalue weighted by Crippen LogP contribution is 2.11. The van der Waals surface area contributed by atoms with Gasteiger partial charge >= 0.3 is 0 Å². The number of aromatic nitrogens is 3. The lowest BCUT2D eigenvalue weighted by Crippen LogP contribution is -2.06. The van der Waals surface area contributed by atoms with Crippen molar-refractivity contribution in [3.05, 3.63) is 46.7 Å². The molecule has 0 aliphatic heterocycles. The van der Waals surface area contributed by atoms with Gasteiger partial charge in [-0.3, -0.25) is 10.1 Å². The van der Waals surface area contributed by atoms with Gasteiger partial charge in [0.05, 0.1) is 16.9 Å². The summed E-state index contributed by atoms with van der Waals surface area (Å²) in [6.45, 7) is 0.676. The number of aromatic amines is 1. The molecule has 0 radical (unpaired) electrons. The number of hydrogen-bond acceptors (Lipinski definition) is 5. The van der Waals surface area contributed by atoms with Gasteiger partial charge in [0.15, 0.2) is 0 Å². The summed E-state index contributed by atoms with van der Waals surface area (Å²) >= 11 is 0. The molecule has 0 aliphatic carbocycles. The zero-order valence-electron chi connectivity index (χ0n) is 8.96. The standard InChI is InChI=1S/C10H11N5O2/c16-15(17)9-1-2-10(13-6-9)12-4-3-8-5-11-7-14-8/h1-2,5-7H,3-4H2,(H,11,14)(H,12,13). The average molecular weight is 233 g/mol. The van der Waals surface area contributed by atoms with Crippen LogP contribution in [0.1, 0.15) is 5.69 Å². The summed E-state index contributed by atoms with van der Waals surface area (Å²) in [6.07, 6.45) is 5.45. The van der Waals surface area contributed by atoms with E-state index in [4.69, 9.17) is 0 Å². The molecule has 7 nitrogen and oxygen atoms in total. The zero-order chi connectivity index (χ0) is 12.1. The van der Waals surface area contributed by atoms with Crippen molar-refractivity contribution in [2.24, 2.45) is 0 Å². The number of rotatable bonds is 5. The van der Waals surface area contributed by atoms with Crippen LogP contribution in [0.4, 0.5) is 11.5 Å². The summed E-state index contributed by atoms with van der Waals surface area (Å²) in [4.78, 5) is 20.8. The van der Waals surface area contributed by atoms with E-state index in [1.165, 1.54) is 12.3 Å². The monoisotopic (exact) mass is 233 g/mol. The third-order valence-corrected chi connectivity index (χ3v) is 2.20. The van der Waals surface area contributed by atoms with Crippen LogP contribution in [0.25, 0.3) is 0 Å². The van der Waals surface area contributed by atoms with Crippen molar-refractivity contribution in [3.63, 3.8) is 0 Å². The maximum absolute atomic E-state index is 10.4. The highest BCUT2D eigenvalue weighted by Gasteiger charge is 2.04. The van der Waals surface area contributed by atoms with E-state index in [0.717, 1.165) is 12.1 Å². The van der Waals surface area contributed by atoms with Gasteiger partial charge < -0.3 is 10.3 Å². The van der Waals surface area contributed by atoms with Crippen LogP contribution < -0.4 is 5.32 Å². The molecule has 0 saturated carbocycles. The molecule has 0 bridgehead atoms. The summed E-state index contributed by atoms with van der Waals surface area (Å²) in [5.74, 6) is 0.617. The molecule has 88 valence electrons. The number of nitrogens with zero attached hydrogens (tertiary/aromatic N) is 3. The fraction of sp³-hybridized carbons (Fsp3) is 0.200. The minimum absolute atomic E-state index is 0.0112. The van der Waals surface area contributed by atoms with Crippen LogP contribution in [-0.2, 0) is 6.42 Å². The fourth-order valence-corrected chi connectivity index (χ4v) is 1.34. The first-order valence-electron chi connectivity index (χ1n) is 5.07. The maximum Gasteiger partial charge on any atom is 0.287 e. The van der Waals surface area contributed by atoms with E-state index in [1.807, 2.05) is 6.20 Å². The second-order valence-electron chi connectivity index (χ2n) is 3.40. The van der Waals surface area contributed by atoms with Gasteiger partial charge in [0.25, 0.3) is 5.69 Å². The second-order valence-corrected chi connectivity index (χ2v) is 3.40. The van der Waals surface area contributed by atoms with Crippen molar-refractivity contribution < 1.29 is 4.92 Å². The van der Waals surface area contributed by atoms with Crippen LogP contribution in [0.15, 0.2) is 30.9 Å². The quantitative estimate of drug-likeness (QED) is 0.600. The second kappa shape index (κ2) is 5.06. The van der Waals surface area contributed by atoms with E-state index < -0.39 is 4.92 Å². The van der Waals surface area contributed by atoms with E-state index in [9.17, 15) is 10.1 Å². The Morgan fingerprint density at radius 3 is 2.88 bits per heavy atom. The molecule has 0 fully saturated rings. The van der Waals surface area contributed by atoms with Crippen LogP contribution >= 0.6 is 0 Å². The predicted molar refractivity (Wildman–Crippen MR) is 61.7 cm³/mol. The predicted octanol–water partition coefficient (Wildman–Crippen LogP) is 1.37. The molecule has 0 aromatic carbocycles. The Bertz CT molecular complexity index is 480. The van der Waals surface area contributed by atoms with E-state index >= 15 is 0 Å². The van der Waals surface area contributed by atoms with Gasteiger partial charge in [0, 0.05) is 25.2 Å². The number of imidazole rings is 1. The van der Waals surface area contributed by atoms with Gasteiger partial charge in [-0.25, -0.2) is 9.97 Å². The van der Waals surface area contributed by atoms with E-state index in [2.05, 4.69) is 20.3 Å². The average Bonchev–Trinajstić information content (AvgIpc) is 2.83. The first-order chi connectivity index (χ1) is 8.25. The number of pyridine rings is 1. The lowest BCUT2D eigenvalue weighted by molar-refractivity contribution is -0.385. The molecule has 7 heteroatoms. The summed E-state index contributed by atoms with van der Waals surface area (Å²) in [5, 5.41) is 13.5. The molecule has 2 heterocycles. The zero-order valence-corrected chi connectivity index (χ0v) is 8.96. The van der Waals surface area contributed by atoms with Gasteiger partial charge in [-0.1, -0.05) is 0 Å². The lowest BCUT2D eigenvalue weighted by Gasteiger charge is -2.03. The smallest absolute Gasteiger partial charge is 0.287 e. The lowest BCUT2D eigenvalue weighted by atomic mass is 10.3. The number of H-pyrrole nitrogens is 1. The number of anilines is 1. The summed E-state index contributed by atoms with van der Waals surface area (Å²) in [6, 6.07) is 3.01. The number of nitro groups is 1. The van der Waals surface area contributed by atoms with Crippen LogP contribution in [0.3, 0.4) is 0 Å². The summed E-state index contributed by atoms with van der Waals surface area (Å²) in [5.41, 5.74) is 0.947. The summed E-state index contributed by atoms with van der Waals surface area (Å²) in [7, 11) is 0. The normalized spacial score (nSPS) is 10.1. The third-order valence-electron chi connectivity index (χ3n) is 2.20. The van der Waals surface area contributed by atoms with Crippen molar-refractivity contribution in [1.29, 1.82) is 0 Å². The van der Waals surface area contributed by atoms with Crippen LogP contribution in [0.2, 0.25) is 0 Å². The molecule has 0 aliphatic rings. The Kier molecular flexibility index (Phi) is 3.29. The molecular weight excluding hydrogens is 222 g/mol. The molecule has 2 rings (SSSR count). The highest BCUT2D eigenvalue weighted by atomic mass is 16.6. The molecule has 0 unspecified atom stereocenters. The Labute approximate surface area is 97.1 Å². The van der Waals surface area contributed by atoms with Crippen molar-refractivity contribution in [1.82, 2.24) is 15.0 Å². The van der Waals surface area contributed by atoms with Crippen molar-refractivity contribution in [2.75, 3.05) is 11.9 Å². The van der Waals surface area contributed by atoms with Gasteiger partial charge in [-0.05, 0) is 6.07 Å². The maximum atomic E-state index is 10.4. The SMILES string of the molecule is O=[N+]([O-])c1ccc(NCCc2c[nH]cn2)nc1. The summed E-state index contributed by atoms with van der Waals surface area (Å²) < 4.78 is 0. The van der Waals surface area contributed by atoms with E-state index in [0.29, 0.717) is 12.4 Å². The molecule has 0 amide bonds. The van der Waals surface area contributed by atoms with Crippen molar-refractivity contribution in [2.45, 2.75) is 6.42 Å². The number of hydrogen-bond donors (Lipinski definition) is 2. The van der Waals surface area contributed by atoms with Gasteiger partial charge in [0.2, 0.25) is 0 Å². The molecule has 2 aromatic rings. The number of nitrogens with one attached hydrogen (secondary N) is 2. The van der Waals surface area contributed by atoms with Crippen molar-refractivity contribution >= 4 is 11.5 Å². The Morgan fingerprint density at radius 1 is 1.41 bits per heavy atom. The molecule has 0 spiro atoms. The molecular formula is C10H11N5O2. The first kappa shape index (κ1) is 11.1. The highest BCUT2D eigenvalue weighted by molar-refractivity contribution is 5.40. The molecule has 0 saturated heterocycles. The molecule has 0 atom stereocenters. The van der Waals surface area contributed by atoms with Crippen LogP contribution in [-0.4, -0.2) is 26.4 Å². The topological polar surface area (TPSA) is 96.7 Å². The van der Waals surface area contributed by atoms with Crippen LogP contribution in [0.5, 0.6) is 0 Å². The third kappa shape index (κ3) is 3.00. The van der Waals surface area contributed by atoms with Gasteiger partial charge in [-0.15, -0.1) is 0 Å². The minimum atomic E-state index is -0.472. The van der Waals surface area contributed by atoms with Crippen molar-refractivity contribution in [3.8, 4) is 0 Å². The first-order valence-corrected chi connectivity index (χ1v) is 5.07. The molecule has 2 aromatic heterocycles. The largest absolute Gasteiger partial charge is 0.370 e.